The molecule has 0 atom stereocenters. The minimum Gasteiger partial charge on any atom is -0.312 e. The lowest BCUT2D eigenvalue weighted by atomic mass is 10.2. The number of hydrogen-bond acceptors (Lipinski definition) is 2. The van der Waals surface area contributed by atoms with Crippen molar-refractivity contribution >= 4 is 21.6 Å². The lowest BCUT2D eigenvalue weighted by Gasteiger charge is -2.06. The quantitative estimate of drug-likeness (QED) is 0.725. The first kappa shape index (κ1) is 9.26. The third kappa shape index (κ3) is 1.41. The molecule has 0 unspecified atom stereocenters. The third-order valence-electron chi connectivity index (χ3n) is 1.75. The molecule has 1 aromatic heterocycles. The molecular weight excluding hydrogens is 215 g/mol. The number of rotatable bonds is 0. The van der Waals surface area contributed by atoms with Crippen molar-refractivity contribution in [2.45, 2.75) is 6.18 Å². The Morgan fingerprint density at radius 3 is 2.64 bits per heavy atom. The largest absolute Gasteiger partial charge is 0.417 e. The van der Waals surface area contributed by atoms with Gasteiger partial charge in [-0.05, 0) is 12.1 Å². The lowest BCUT2D eigenvalue weighted by molar-refractivity contribution is -0.136. The van der Waals surface area contributed by atoms with E-state index in [1.54, 1.807) is 0 Å². The molecule has 1 aromatic carbocycles. The number of aromatic amines is 1. The highest BCUT2D eigenvalue weighted by Gasteiger charge is 2.33. The van der Waals surface area contributed by atoms with E-state index in [0.717, 1.165) is 6.07 Å². The van der Waals surface area contributed by atoms with Crippen LogP contribution in [0.5, 0.6) is 0 Å². The summed E-state index contributed by atoms with van der Waals surface area (Å²) >= 11 is 0.575. The molecule has 0 spiro atoms. The van der Waals surface area contributed by atoms with Crippen molar-refractivity contribution in [1.82, 2.24) is 4.98 Å². The predicted molar refractivity (Wildman–Crippen MR) is 47.4 cm³/mol. The number of alkyl halides is 3. The average Bonchev–Trinajstić information content (AvgIpc) is 2.41. The molecule has 2 nitrogen and oxygen atoms in total. The summed E-state index contributed by atoms with van der Waals surface area (Å²) < 4.78 is 37.2. The molecule has 0 fully saturated rings. The summed E-state index contributed by atoms with van der Waals surface area (Å²) in [7, 11) is 0. The van der Waals surface area contributed by atoms with Gasteiger partial charge in [0.1, 0.15) is 0 Å². The van der Waals surface area contributed by atoms with Crippen LogP contribution in [0.1, 0.15) is 5.56 Å². The van der Waals surface area contributed by atoms with Crippen molar-refractivity contribution in [3.8, 4) is 0 Å². The van der Waals surface area contributed by atoms with Gasteiger partial charge in [-0.15, -0.1) is 0 Å². The zero-order chi connectivity index (χ0) is 10.3. The second-order valence-corrected chi connectivity index (χ2v) is 3.68. The highest BCUT2D eigenvalue weighted by atomic mass is 32.1. The second-order valence-electron chi connectivity index (χ2n) is 2.69. The highest BCUT2D eigenvalue weighted by molar-refractivity contribution is 7.16. The molecule has 74 valence electrons. The fourth-order valence-electron chi connectivity index (χ4n) is 1.20. The van der Waals surface area contributed by atoms with Crippen molar-refractivity contribution in [1.29, 1.82) is 0 Å². The summed E-state index contributed by atoms with van der Waals surface area (Å²) in [6.45, 7) is 0. The smallest absolute Gasteiger partial charge is 0.312 e. The monoisotopic (exact) mass is 219 g/mol. The molecule has 0 radical (unpaired) electrons. The predicted octanol–water partition coefficient (Wildman–Crippen LogP) is 2.61. The van der Waals surface area contributed by atoms with Gasteiger partial charge in [0.15, 0.2) is 0 Å². The minimum atomic E-state index is -4.41. The van der Waals surface area contributed by atoms with Crippen LogP contribution in [0.2, 0.25) is 0 Å². The van der Waals surface area contributed by atoms with Gasteiger partial charge in [-0.25, -0.2) is 0 Å². The average molecular weight is 219 g/mol. The Morgan fingerprint density at radius 1 is 1.29 bits per heavy atom. The number of fused-ring (bicyclic) bond motifs is 1. The highest BCUT2D eigenvalue weighted by Crippen LogP contribution is 2.35. The van der Waals surface area contributed by atoms with E-state index in [4.69, 9.17) is 0 Å². The van der Waals surface area contributed by atoms with Gasteiger partial charge in [-0.2, -0.15) is 13.2 Å². The van der Waals surface area contributed by atoms with Gasteiger partial charge in [0.2, 0.25) is 0 Å². The normalized spacial score (nSPS) is 12.2. The van der Waals surface area contributed by atoms with Crippen molar-refractivity contribution in [2.75, 3.05) is 0 Å². The van der Waals surface area contributed by atoms with Crippen LogP contribution in [-0.4, -0.2) is 4.98 Å². The Morgan fingerprint density at radius 2 is 2.00 bits per heavy atom. The molecule has 0 saturated heterocycles. The number of hydrogen-bond donors (Lipinski definition) is 1. The SMILES string of the molecule is O=c1[nH]c2cccc(C(F)(F)F)c2s1. The van der Waals surface area contributed by atoms with Gasteiger partial charge in [0.05, 0.1) is 15.8 Å². The Labute approximate surface area is 80.0 Å². The van der Waals surface area contributed by atoms with Crippen LogP contribution in [0.4, 0.5) is 13.2 Å². The Balaban J connectivity index is 2.83. The maximum absolute atomic E-state index is 12.4. The summed E-state index contributed by atoms with van der Waals surface area (Å²) in [6.07, 6.45) is -4.41. The van der Waals surface area contributed by atoms with Gasteiger partial charge in [0, 0.05) is 0 Å². The fraction of sp³-hybridized carbons (Fsp3) is 0.125. The van der Waals surface area contributed by atoms with Crippen molar-refractivity contribution in [2.24, 2.45) is 0 Å². The van der Waals surface area contributed by atoms with E-state index in [1.165, 1.54) is 12.1 Å². The Hall–Kier alpha value is -1.30. The molecule has 0 aliphatic rings. The molecule has 1 heterocycles. The van der Waals surface area contributed by atoms with Crippen LogP contribution in [0.15, 0.2) is 23.0 Å². The number of benzene rings is 1. The standard InChI is InChI=1S/C8H4F3NOS/c9-8(10,11)4-2-1-3-5-6(4)14-7(13)12-5/h1-3H,(H,12,13). The second kappa shape index (κ2) is 2.84. The van der Waals surface area contributed by atoms with E-state index in [-0.39, 0.29) is 10.2 Å². The number of nitrogens with one attached hydrogen (secondary N) is 1. The molecule has 1 N–H and O–H groups in total. The Kier molecular flexibility index (Phi) is 1.88. The van der Waals surface area contributed by atoms with Crippen LogP contribution >= 0.6 is 11.3 Å². The van der Waals surface area contributed by atoms with Crippen LogP contribution in [0.25, 0.3) is 10.2 Å². The van der Waals surface area contributed by atoms with Crippen molar-refractivity contribution in [3.63, 3.8) is 0 Å². The van der Waals surface area contributed by atoms with Crippen LogP contribution in [0, 0.1) is 0 Å². The molecule has 0 amide bonds. The maximum Gasteiger partial charge on any atom is 0.417 e. The minimum absolute atomic E-state index is 0.0370. The first-order valence-corrected chi connectivity index (χ1v) is 4.49. The maximum atomic E-state index is 12.4. The van der Waals surface area contributed by atoms with Gasteiger partial charge in [-0.3, -0.25) is 4.79 Å². The fourth-order valence-corrected chi connectivity index (χ4v) is 2.07. The first-order valence-electron chi connectivity index (χ1n) is 3.67. The van der Waals surface area contributed by atoms with E-state index >= 15 is 0 Å². The van der Waals surface area contributed by atoms with E-state index in [1.807, 2.05) is 0 Å². The zero-order valence-corrected chi connectivity index (χ0v) is 7.50. The molecule has 14 heavy (non-hydrogen) atoms. The topological polar surface area (TPSA) is 32.9 Å². The van der Waals surface area contributed by atoms with E-state index in [0.29, 0.717) is 11.3 Å². The van der Waals surface area contributed by atoms with Crippen LogP contribution in [-0.2, 0) is 6.18 Å². The molecule has 0 saturated carbocycles. The number of thiazole rings is 1. The van der Waals surface area contributed by atoms with Crippen LogP contribution in [0.3, 0.4) is 0 Å². The molecule has 6 heteroatoms. The van der Waals surface area contributed by atoms with Crippen molar-refractivity contribution in [3.05, 3.63) is 33.4 Å². The summed E-state index contributed by atoms with van der Waals surface area (Å²) in [5.74, 6) is 0. The molecule has 0 bridgehead atoms. The number of halogens is 3. The van der Waals surface area contributed by atoms with Crippen molar-refractivity contribution < 1.29 is 13.2 Å². The van der Waals surface area contributed by atoms with Gasteiger partial charge in [0.25, 0.3) is 0 Å². The molecule has 2 rings (SSSR count). The van der Waals surface area contributed by atoms with E-state index < -0.39 is 16.6 Å². The Bertz CT molecular complexity index is 525. The molecular formula is C8H4F3NOS. The summed E-state index contributed by atoms with van der Waals surface area (Å²) in [5.41, 5.74) is -0.534. The van der Waals surface area contributed by atoms with E-state index in [2.05, 4.69) is 4.98 Å². The van der Waals surface area contributed by atoms with Gasteiger partial charge >= 0.3 is 11.0 Å². The molecule has 0 aliphatic heterocycles. The number of H-pyrrole nitrogens is 1. The van der Waals surface area contributed by atoms with Crippen LogP contribution < -0.4 is 4.87 Å². The summed E-state index contributed by atoms with van der Waals surface area (Å²) in [6, 6.07) is 3.68. The third-order valence-corrected chi connectivity index (χ3v) is 2.68. The first-order chi connectivity index (χ1) is 6.48. The summed E-state index contributed by atoms with van der Waals surface area (Å²) in [5, 5.41) is 0. The van der Waals surface area contributed by atoms with E-state index in [9.17, 15) is 18.0 Å². The zero-order valence-electron chi connectivity index (χ0n) is 6.68. The lowest BCUT2D eigenvalue weighted by Crippen LogP contribution is -2.04. The van der Waals surface area contributed by atoms with Gasteiger partial charge < -0.3 is 4.98 Å². The summed E-state index contributed by atoms with van der Waals surface area (Å²) in [4.78, 5) is 12.7. The molecule has 0 aliphatic carbocycles. The number of aromatic nitrogens is 1. The molecule has 2 aromatic rings. The van der Waals surface area contributed by atoms with Gasteiger partial charge in [-0.1, -0.05) is 17.4 Å².